The number of esters is 1. The molecule has 0 radical (unpaired) electrons. The molecular weight excluding hydrogens is 246 g/mol. The molecule has 2 rings (SSSR count). The summed E-state index contributed by atoms with van der Waals surface area (Å²) in [5.41, 5.74) is 1.31. The van der Waals surface area contributed by atoms with E-state index in [1.807, 2.05) is 0 Å². The zero-order valence-corrected chi connectivity index (χ0v) is 11.5. The summed E-state index contributed by atoms with van der Waals surface area (Å²) in [6, 6.07) is 9.23. The second kappa shape index (κ2) is 6.81. The largest absolute Gasteiger partial charge is 0.469 e. The topological polar surface area (TPSA) is 38.3 Å². The SMILES string of the molecule is COC(=O)CCSc1cccc(CNC2CC2)c1. The predicted molar refractivity (Wildman–Crippen MR) is 73.7 cm³/mol. The first kappa shape index (κ1) is 13.4. The third kappa shape index (κ3) is 4.70. The van der Waals surface area contributed by atoms with Gasteiger partial charge in [0, 0.05) is 23.2 Å². The number of hydrogen-bond acceptors (Lipinski definition) is 4. The van der Waals surface area contributed by atoms with Crippen LogP contribution in [0.15, 0.2) is 29.2 Å². The molecule has 0 spiro atoms. The number of ether oxygens (including phenoxy) is 1. The van der Waals surface area contributed by atoms with Crippen molar-refractivity contribution >= 4 is 17.7 Å². The lowest BCUT2D eigenvalue weighted by atomic mass is 10.2. The van der Waals surface area contributed by atoms with Crippen molar-refractivity contribution in [1.82, 2.24) is 5.32 Å². The smallest absolute Gasteiger partial charge is 0.306 e. The van der Waals surface area contributed by atoms with E-state index in [9.17, 15) is 4.79 Å². The molecule has 18 heavy (non-hydrogen) atoms. The lowest BCUT2D eigenvalue weighted by molar-refractivity contribution is -0.140. The maximum atomic E-state index is 11.0. The van der Waals surface area contributed by atoms with E-state index in [1.54, 1.807) is 11.8 Å². The number of nitrogens with one attached hydrogen (secondary N) is 1. The standard InChI is InChI=1S/C14H19NO2S/c1-17-14(16)7-8-18-13-4-2-3-11(9-13)10-15-12-5-6-12/h2-4,9,12,15H,5-8,10H2,1H3. The average molecular weight is 265 g/mol. The molecule has 0 aromatic heterocycles. The Bertz CT molecular complexity index is 405. The van der Waals surface area contributed by atoms with E-state index in [0.29, 0.717) is 6.42 Å². The van der Waals surface area contributed by atoms with Crippen molar-refractivity contribution in [2.24, 2.45) is 0 Å². The zero-order chi connectivity index (χ0) is 12.8. The molecule has 0 aliphatic heterocycles. The van der Waals surface area contributed by atoms with E-state index in [4.69, 9.17) is 0 Å². The third-order valence-corrected chi connectivity index (χ3v) is 3.87. The minimum atomic E-state index is -0.144. The summed E-state index contributed by atoms with van der Waals surface area (Å²) >= 11 is 1.70. The number of methoxy groups -OCH3 is 1. The Labute approximate surface area is 112 Å². The number of thioether (sulfide) groups is 1. The molecule has 98 valence electrons. The van der Waals surface area contributed by atoms with Gasteiger partial charge in [-0.15, -0.1) is 11.8 Å². The van der Waals surface area contributed by atoms with E-state index >= 15 is 0 Å². The maximum absolute atomic E-state index is 11.0. The maximum Gasteiger partial charge on any atom is 0.306 e. The number of carbonyl (C=O) groups excluding carboxylic acids is 1. The summed E-state index contributed by atoms with van der Waals surface area (Å²) < 4.78 is 4.62. The lowest BCUT2D eigenvalue weighted by Crippen LogP contribution is -2.15. The van der Waals surface area contributed by atoms with Gasteiger partial charge in [0.05, 0.1) is 13.5 Å². The van der Waals surface area contributed by atoms with Crippen LogP contribution in [0.5, 0.6) is 0 Å². The average Bonchev–Trinajstić information content (AvgIpc) is 3.21. The molecule has 1 aliphatic rings. The quantitative estimate of drug-likeness (QED) is 0.607. The predicted octanol–water partition coefficient (Wildman–Crippen LogP) is 2.59. The van der Waals surface area contributed by atoms with Crippen LogP contribution in [0.3, 0.4) is 0 Å². The lowest BCUT2D eigenvalue weighted by Gasteiger charge is -2.06. The van der Waals surface area contributed by atoms with Crippen LogP contribution in [0.2, 0.25) is 0 Å². The van der Waals surface area contributed by atoms with Crippen LogP contribution in [0, 0.1) is 0 Å². The molecule has 3 nitrogen and oxygen atoms in total. The molecule has 1 fully saturated rings. The Hall–Kier alpha value is -1.00. The van der Waals surface area contributed by atoms with Gasteiger partial charge < -0.3 is 10.1 Å². The van der Waals surface area contributed by atoms with Crippen LogP contribution in [-0.2, 0) is 16.1 Å². The van der Waals surface area contributed by atoms with Crippen molar-refractivity contribution in [3.05, 3.63) is 29.8 Å². The molecule has 1 aliphatic carbocycles. The van der Waals surface area contributed by atoms with Gasteiger partial charge in [0.2, 0.25) is 0 Å². The molecule has 1 aromatic rings. The minimum Gasteiger partial charge on any atom is -0.469 e. The summed E-state index contributed by atoms with van der Waals surface area (Å²) in [4.78, 5) is 12.2. The van der Waals surface area contributed by atoms with Gasteiger partial charge in [-0.25, -0.2) is 0 Å². The van der Waals surface area contributed by atoms with Crippen molar-refractivity contribution in [2.45, 2.75) is 36.7 Å². The summed E-state index contributed by atoms with van der Waals surface area (Å²) in [6.45, 7) is 0.941. The third-order valence-electron chi connectivity index (χ3n) is 2.87. The highest BCUT2D eigenvalue weighted by molar-refractivity contribution is 7.99. The van der Waals surface area contributed by atoms with Gasteiger partial charge in [0.1, 0.15) is 0 Å². The first-order chi connectivity index (χ1) is 8.78. The normalized spacial score (nSPS) is 14.5. The van der Waals surface area contributed by atoms with E-state index in [2.05, 4.69) is 34.3 Å². The molecule has 1 saturated carbocycles. The van der Waals surface area contributed by atoms with E-state index in [-0.39, 0.29) is 5.97 Å². The van der Waals surface area contributed by atoms with E-state index in [0.717, 1.165) is 18.3 Å². The minimum absolute atomic E-state index is 0.144. The van der Waals surface area contributed by atoms with Crippen LogP contribution in [0.1, 0.15) is 24.8 Å². The van der Waals surface area contributed by atoms with Gasteiger partial charge in [-0.05, 0) is 30.5 Å². The summed E-state index contributed by atoms with van der Waals surface area (Å²) in [7, 11) is 1.43. The fraction of sp³-hybridized carbons (Fsp3) is 0.500. The number of benzene rings is 1. The van der Waals surface area contributed by atoms with E-state index < -0.39 is 0 Å². The van der Waals surface area contributed by atoms with Crippen molar-refractivity contribution in [2.75, 3.05) is 12.9 Å². The molecule has 0 heterocycles. The molecule has 1 N–H and O–H groups in total. The van der Waals surface area contributed by atoms with E-state index in [1.165, 1.54) is 30.4 Å². The Kier molecular flexibility index (Phi) is 5.08. The van der Waals surface area contributed by atoms with Crippen molar-refractivity contribution < 1.29 is 9.53 Å². The van der Waals surface area contributed by atoms with Gasteiger partial charge in [0.25, 0.3) is 0 Å². The molecular formula is C14H19NO2S. The molecule has 0 bridgehead atoms. The fourth-order valence-corrected chi connectivity index (χ4v) is 2.56. The molecule has 1 aromatic carbocycles. The fourth-order valence-electron chi connectivity index (χ4n) is 1.65. The second-order valence-electron chi connectivity index (χ2n) is 4.48. The Morgan fingerprint density at radius 3 is 3.06 bits per heavy atom. The summed E-state index contributed by atoms with van der Waals surface area (Å²) in [5, 5.41) is 3.50. The Morgan fingerprint density at radius 2 is 2.33 bits per heavy atom. The summed E-state index contributed by atoms with van der Waals surface area (Å²) in [5.74, 6) is 0.626. The second-order valence-corrected chi connectivity index (χ2v) is 5.65. The monoisotopic (exact) mass is 265 g/mol. The van der Waals surface area contributed by atoms with Gasteiger partial charge in [-0.2, -0.15) is 0 Å². The van der Waals surface area contributed by atoms with Crippen molar-refractivity contribution in [3.8, 4) is 0 Å². The van der Waals surface area contributed by atoms with Crippen molar-refractivity contribution in [3.63, 3.8) is 0 Å². The number of carbonyl (C=O) groups is 1. The number of hydrogen-bond donors (Lipinski definition) is 1. The van der Waals surface area contributed by atoms with Crippen LogP contribution in [0.4, 0.5) is 0 Å². The highest BCUT2D eigenvalue weighted by Gasteiger charge is 2.19. The molecule has 0 atom stereocenters. The van der Waals surface area contributed by atoms with Crippen LogP contribution >= 0.6 is 11.8 Å². The molecule has 0 amide bonds. The summed E-state index contributed by atoms with van der Waals surface area (Å²) in [6.07, 6.45) is 3.09. The zero-order valence-electron chi connectivity index (χ0n) is 10.6. The Balaban J connectivity index is 1.76. The molecule has 0 saturated heterocycles. The van der Waals surface area contributed by atoms with Gasteiger partial charge >= 0.3 is 5.97 Å². The first-order valence-corrected chi connectivity index (χ1v) is 7.28. The van der Waals surface area contributed by atoms with Crippen molar-refractivity contribution in [1.29, 1.82) is 0 Å². The van der Waals surface area contributed by atoms with Gasteiger partial charge in [-0.3, -0.25) is 4.79 Å². The van der Waals surface area contributed by atoms with Gasteiger partial charge in [-0.1, -0.05) is 12.1 Å². The highest BCUT2D eigenvalue weighted by atomic mass is 32.2. The van der Waals surface area contributed by atoms with Crippen LogP contribution < -0.4 is 5.32 Å². The highest BCUT2D eigenvalue weighted by Crippen LogP contribution is 2.22. The van der Waals surface area contributed by atoms with Crippen LogP contribution in [-0.4, -0.2) is 24.9 Å². The Morgan fingerprint density at radius 1 is 1.50 bits per heavy atom. The van der Waals surface area contributed by atoms with Gasteiger partial charge in [0.15, 0.2) is 0 Å². The number of rotatable bonds is 7. The molecule has 0 unspecified atom stereocenters. The first-order valence-electron chi connectivity index (χ1n) is 6.30. The van der Waals surface area contributed by atoms with Crippen LogP contribution in [0.25, 0.3) is 0 Å². The molecule has 4 heteroatoms.